The molecule has 5 rings (SSSR count). The van der Waals surface area contributed by atoms with Gasteiger partial charge in [0.1, 0.15) is 23.0 Å². The van der Waals surface area contributed by atoms with E-state index in [1.807, 2.05) is 42.5 Å². The van der Waals surface area contributed by atoms with Crippen LogP contribution >= 0.6 is 0 Å². The Kier molecular flexibility index (Phi) is 4.62. The van der Waals surface area contributed by atoms with Crippen molar-refractivity contribution >= 4 is 17.5 Å². The van der Waals surface area contributed by atoms with E-state index in [0.29, 0.717) is 6.54 Å². The number of carbonyl (C=O) groups is 1. The Labute approximate surface area is 175 Å². The number of benzene rings is 2. The third-order valence-electron chi connectivity index (χ3n) is 6.24. The van der Waals surface area contributed by atoms with Gasteiger partial charge in [0.25, 0.3) is 0 Å². The van der Waals surface area contributed by atoms with Crippen molar-refractivity contribution in [1.82, 2.24) is 9.80 Å². The fraction of sp³-hybridized carbons (Fsp3) is 0.391. The molecule has 156 valence electrons. The van der Waals surface area contributed by atoms with Gasteiger partial charge in [-0.1, -0.05) is 12.1 Å². The smallest absolute Gasteiger partial charge is 0.310 e. The summed E-state index contributed by atoms with van der Waals surface area (Å²) in [4.78, 5) is 21.0. The third-order valence-corrected chi connectivity index (χ3v) is 6.24. The monoisotopic (exact) mass is 407 g/mol. The SMILES string of the molecule is COc1ccc2c(c1)C(N1CCN(CC3(C(=O)O)CC3)CC1)=Nc1ccccc1O2. The van der Waals surface area contributed by atoms with E-state index >= 15 is 0 Å². The predicted molar refractivity (Wildman–Crippen MR) is 113 cm³/mol. The average molecular weight is 407 g/mol. The predicted octanol–water partition coefficient (Wildman–Crippen LogP) is 3.36. The summed E-state index contributed by atoms with van der Waals surface area (Å²) < 4.78 is 11.6. The van der Waals surface area contributed by atoms with E-state index < -0.39 is 11.4 Å². The summed E-state index contributed by atoms with van der Waals surface area (Å²) in [5.74, 6) is 2.45. The zero-order valence-electron chi connectivity index (χ0n) is 17.0. The largest absolute Gasteiger partial charge is 0.497 e. The number of para-hydroxylation sites is 2. The van der Waals surface area contributed by atoms with Gasteiger partial charge in [0.15, 0.2) is 5.75 Å². The number of piperazine rings is 1. The molecule has 1 saturated heterocycles. The Bertz CT molecular complexity index is 1010. The summed E-state index contributed by atoms with van der Waals surface area (Å²) in [6.07, 6.45) is 1.58. The van der Waals surface area contributed by atoms with Crippen LogP contribution in [-0.2, 0) is 4.79 Å². The van der Waals surface area contributed by atoms with Gasteiger partial charge in [0, 0.05) is 32.7 Å². The molecule has 0 amide bonds. The van der Waals surface area contributed by atoms with Crippen molar-refractivity contribution in [3.63, 3.8) is 0 Å². The molecule has 2 aliphatic heterocycles. The molecule has 1 aliphatic carbocycles. The molecule has 30 heavy (non-hydrogen) atoms. The molecule has 0 aromatic heterocycles. The molecule has 7 nitrogen and oxygen atoms in total. The van der Waals surface area contributed by atoms with Crippen molar-refractivity contribution in [3.8, 4) is 17.2 Å². The summed E-state index contributed by atoms with van der Waals surface area (Å²) in [6, 6.07) is 13.6. The molecule has 0 atom stereocenters. The van der Waals surface area contributed by atoms with Crippen LogP contribution in [0.2, 0.25) is 0 Å². The molecule has 2 fully saturated rings. The fourth-order valence-electron chi connectivity index (χ4n) is 4.21. The molecule has 2 heterocycles. The van der Waals surface area contributed by atoms with Crippen molar-refractivity contribution in [2.75, 3.05) is 39.8 Å². The summed E-state index contributed by atoms with van der Waals surface area (Å²) in [5, 5.41) is 9.49. The Morgan fingerprint density at radius 1 is 1.13 bits per heavy atom. The molecule has 0 radical (unpaired) electrons. The van der Waals surface area contributed by atoms with Crippen molar-refractivity contribution in [1.29, 1.82) is 0 Å². The minimum atomic E-state index is -0.659. The van der Waals surface area contributed by atoms with Gasteiger partial charge in [0.05, 0.1) is 18.1 Å². The van der Waals surface area contributed by atoms with Crippen molar-refractivity contribution < 1.29 is 19.4 Å². The lowest BCUT2D eigenvalue weighted by molar-refractivity contribution is -0.144. The lowest BCUT2D eigenvalue weighted by Crippen LogP contribution is -2.50. The molecule has 3 aliphatic rings. The molecular weight excluding hydrogens is 382 g/mol. The highest BCUT2D eigenvalue weighted by atomic mass is 16.5. The number of hydrogen-bond acceptors (Lipinski definition) is 6. The fourth-order valence-corrected chi connectivity index (χ4v) is 4.21. The second kappa shape index (κ2) is 7.32. The number of rotatable bonds is 4. The first-order valence-corrected chi connectivity index (χ1v) is 10.3. The highest BCUT2D eigenvalue weighted by Gasteiger charge is 2.51. The minimum Gasteiger partial charge on any atom is -0.497 e. The molecule has 0 spiro atoms. The number of methoxy groups -OCH3 is 1. The van der Waals surface area contributed by atoms with Gasteiger partial charge >= 0.3 is 5.97 Å². The standard InChI is InChI=1S/C23H25N3O4/c1-29-16-6-7-19-17(14-16)21(24-18-4-2-3-5-20(18)30-19)26-12-10-25(11-13-26)15-23(8-9-23)22(27)28/h2-7,14H,8-13,15H2,1H3,(H,27,28). The normalized spacial score (nSPS) is 19.6. The molecule has 2 aromatic rings. The van der Waals surface area contributed by atoms with Crippen LogP contribution in [0.1, 0.15) is 18.4 Å². The van der Waals surface area contributed by atoms with E-state index in [-0.39, 0.29) is 0 Å². The van der Waals surface area contributed by atoms with Crippen molar-refractivity contribution in [2.45, 2.75) is 12.8 Å². The van der Waals surface area contributed by atoms with Gasteiger partial charge < -0.3 is 19.5 Å². The number of ether oxygens (including phenoxy) is 2. The molecule has 0 unspecified atom stereocenters. The second-order valence-electron chi connectivity index (χ2n) is 8.22. The molecule has 2 aromatic carbocycles. The quantitative estimate of drug-likeness (QED) is 0.838. The van der Waals surface area contributed by atoms with Crippen LogP contribution in [0.4, 0.5) is 5.69 Å². The number of carboxylic acid groups (broad SMARTS) is 1. The maximum Gasteiger partial charge on any atom is 0.310 e. The zero-order chi connectivity index (χ0) is 20.7. The lowest BCUT2D eigenvalue weighted by Gasteiger charge is -2.37. The number of fused-ring (bicyclic) bond motifs is 2. The van der Waals surface area contributed by atoms with Gasteiger partial charge in [-0.25, -0.2) is 4.99 Å². The highest BCUT2D eigenvalue weighted by molar-refractivity contribution is 6.04. The van der Waals surface area contributed by atoms with Gasteiger partial charge in [-0.2, -0.15) is 0 Å². The maximum atomic E-state index is 11.5. The molecule has 7 heteroatoms. The average Bonchev–Trinajstić information content (AvgIpc) is 3.56. The Morgan fingerprint density at radius 2 is 1.90 bits per heavy atom. The van der Waals surface area contributed by atoms with Crippen molar-refractivity contribution in [2.24, 2.45) is 10.4 Å². The van der Waals surface area contributed by atoms with Crippen LogP contribution in [0.3, 0.4) is 0 Å². The van der Waals surface area contributed by atoms with Crippen LogP contribution in [0.25, 0.3) is 0 Å². The number of aliphatic imine (C=N–C) groups is 1. The summed E-state index contributed by atoms with van der Waals surface area (Å²) in [6.45, 7) is 3.84. The topological polar surface area (TPSA) is 74.6 Å². The summed E-state index contributed by atoms with van der Waals surface area (Å²) >= 11 is 0. The van der Waals surface area contributed by atoms with Crippen LogP contribution < -0.4 is 9.47 Å². The van der Waals surface area contributed by atoms with E-state index in [0.717, 1.165) is 73.4 Å². The Hall–Kier alpha value is -3.06. The number of nitrogens with zero attached hydrogens (tertiary/aromatic N) is 3. The van der Waals surface area contributed by atoms with Gasteiger partial charge in [0.2, 0.25) is 0 Å². The number of hydrogen-bond donors (Lipinski definition) is 1. The van der Waals surface area contributed by atoms with Crippen LogP contribution in [0.15, 0.2) is 47.5 Å². The Balaban J connectivity index is 1.42. The number of amidine groups is 1. The van der Waals surface area contributed by atoms with Crippen molar-refractivity contribution in [3.05, 3.63) is 48.0 Å². The minimum absolute atomic E-state index is 0.519. The molecule has 1 N–H and O–H groups in total. The Morgan fingerprint density at radius 3 is 2.60 bits per heavy atom. The first kappa shape index (κ1) is 18.9. The third kappa shape index (κ3) is 3.39. The lowest BCUT2D eigenvalue weighted by atomic mass is 10.1. The second-order valence-corrected chi connectivity index (χ2v) is 8.22. The molecule has 0 bridgehead atoms. The molecule has 1 saturated carbocycles. The first-order valence-electron chi connectivity index (χ1n) is 10.3. The van der Waals surface area contributed by atoms with E-state index in [1.54, 1.807) is 7.11 Å². The van der Waals surface area contributed by atoms with E-state index in [9.17, 15) is 9.90 Å². The number of carboxylic acids is 1. The van der Waals surface area contributed by atoms with Gasteiger partial charge in [-0.3, -0.25) is 9.69 Å². The van der Waals surface area contributed by atoms with Crippen LogP contribution in [0.5, 0.6) is 17.2 Å². The van der Waals surface area contributed by atoms with E-state index in [2.05, 4.69) is 9.80 Å². The number of aliphatic carboxylic acids is 1. The summed E-state index contributed by atoms with van der Waals surface area (Å²) in [7, 11) is 1.65. The molecular formula is C23H25N3O4. The highest BCUT2D eigenvalue weighted by Crippen LogP contribution is 2.46. The van der Waals surface area contributed by atoms with Gasteiger partial charge in [-0.15, -0.1) is 0 Å². The first-order chi connectivity index (χ1) is 14.6. The van der Waals surface area contributed by atoms with Crippen LogP contribution in [0, 0.1) is 5.41 Å². The van der Waals surface area contributed by atoms with E-state index in [1.165, 1.54) is 0 Å². The van der Waals surface area contributed by atoms with Gasteiger partial charge in [-0.05, 0) is 43.2 Å². The summed E-state index contributed by atoms with van der Waals surface area (Å²) in [5.41, 5.74) is 1.19. The van der Waals surface area contributed by atoms with E-state index in [4.69, 9.17) is 14.5 Å². The van der Waals surface area contributed by atoms with Crippen LogP contribution in [-0.4, -0.2) is 66.5 Å². The maximum absolute atomic E-state index is 11.5. The zero-order valence-corrected chi connectivity index (χ0v) is 17.0.